The first-order valence-electron chi connectivity index (χ1n) is 13.9. The van der Waals surface area contributed by atoms with Gasteiger partial charge in [-0.2, -0.15) is 20.0 Å². The van der Waals surface area contributed by atoms with E-state index in [4.69, 9.17) is 16.3 Å². The zero-order chi connectivity index (χ0) is 30.9. The monoisotopic (exact) mass is 607 g/mol. The lowest BCUT2D eigenvalue weighted by molar-refractivity contribution is 0.0233. The predicted molar refractivity (Wildman–Crippen MR) is 160 cm³/mol. The van der Waals surface area contributed by atoms with Crippen LogP contribution < -0.4 is 20.9 Å². The van der Waals surface area contributed by atoms with E-state index in [1.165, 1.54) is 17.8 Å². The Hall–Kier alpha value is -4.37. The first-order chi connectivity index (χ1) is 20.5. The van der Waals surface area contributed by atoms with Crippen LogP contribution in [0, 0.1) is 22.7 Å². The van der Waals surface area contributed by atoms with Crippen molar-refractivity contribution in [3.63, 3.8) is 0 Å². The number of rotatable bonds is 9. The number of amides is 1. The Morgan fingerprint density at radius 2 is 2.05 bits per heavy atom. The van der Waals surface area contributed by atoms with Gasteiger partial charge in [-0.1, -0.05) is 11.6 Å². The lowest BCUT2D eigenvalue weighted by Crippen LogP contribution is -2.61. The van der Waals surface area contributed by atoms with Crippen molar-refractivity contribution in [3.05, 3.63) is 34.6 Å². The average Bonchev–Trinajstić information content (AvgIpc) is 3.68. The summed E-state index contributed by atoms with van der Waals surface area (Å²) in [6.45, 7) is 4.81. The van der Waals surface area contributed by atoms with E-state index in [1.54, 1.807) is 26.0 Å². The standard InChI is InChI=1S/C28H34ClN11O3/c1-28(2,42)15-38(3)22-14-39(8-7-19(22)35-27(41)43-4)21-10-16(11-30)9-20(23(21)29)34-26-36-24(33-17-5-6-17)25-32-13-18(12-31)40(25)37-26/h9-10,13,17,19,22,42H,5-8,14-15H2,1-4H3,(H,35,41)(H2,33,34,36,37)/t19-,22-/m0/s1. The molecule has 1 aliphatic heterocycles. The number of anilines is 4. The Balaban J connectivity index is 1.47. The third kappa shape index (κ3) is 6.83. The summed E-state index contributed by atoms with van der Waals surface area (Å²) >= 11 is 6.99. The van der Waals surface area contributed by atoms with E-state index in [2.05, 4.69) is 48.1 Å². The highest BCUT2D eigenvalue weighted by molar-refractivity contribution is 6.36. The van der Waals surface area contributed by atoms with Crippen molar-refractivity contribution < 1.29 is 14.6 Å². The number of halogens is 1. The number of alkyl carbamates (subject to hydrolysis) is 1. The van der Waals surface area contributed by atoms with Gasteiger partial charge in [-0.15, -0.1) is 5.10 Å². The van der Waals surface area contributed by atoms with E-state index < -0.39 is 11.7 Å². The molecule has 1 saturated carbocycles. The number of nitriles is 2. The molecule has 14 nitrogen and oxygen atoms in total. The van der Waals surface area contributed by atoms with Crippen molar-refractivity contribution in [2.75, 3.05) is 49.3 Å². The Kier molecular flexibility index (Phi) is 8.46. The van der Waals surface area contributed by atoms with Gasteiger partial charge in [-0.05, 0) is 52.3 Å². The SMILES string of the molecule is COC(=O)N[C@H]1CCN(c2cc(C#N)cc(Nc3nc(NC4CC4)c4ncc(C#N)n4n3)c2Cl)C[C@@H]1N(C)CC(C)(C)O. The van der Waals surface area contributed by atoms with Gasteiger partial charge >= 0.3 is 6.09 Å². The number of hydrogen-bond donors (Lipinski definition) is 4. The van der Waals surface area contributed by atoms with Gasteiger partial charge in [0.05, 0.1) is 53.0 Å². The number of benzene rings is 1. The molecule has 5 rings (SSSR count). The van der Waals surface area contributed by atoms with Crippen LogP contribution in [0.25, 0.3) is 5.65 Å². The van der Waals surface area contributed by atoms with E-state index in [0.29, 0.717) is 59.5 Å². The number of carbonyl (C=O) groups excluding carboxylic acids is 1. The largest absolute Gasteiger partial charge is 0.453 e. The molecule has 2 atom stereocenters. The Morgan fingerprint density at radius 3 is 2.70 bits per heavy atom. The number of nitrogens with zero attached hydrogens (tertiary/aromatic N) is 8. The van der Waals surface area contributed by atoms with Crippen LogP contribution in [0.3, 0.4) is 0 Å². The topological polar surface area (TPSA) is 180 Å². The summed E-state index contributed by atoms with van der Waals surface area (Å²) in [5.74, 6) is 0.670. The molecule has 3 aromatic rings. The number of methoxy groups -OCH3 is 1. The number of fused-ring (bicyclic) bond motifs is 1. The molecule has 0 radical (unpaired) electrons. The minimum absolute atomic E-state index is 0.178. The summed E-state index contributed by atoms with van der Waals surface area (Å²) in [6, 6.07) is 7.48. The molecule has 0 spiro atoms. The van der Waals surface area contributed by atoms with Crippen LogP contribution in [0.15, 0.2) is 18.3 Å². The molecule has 4 N–H and O–H groups in total. The van der Waals surface area contributed by atoms with Crippen LogP contribution in [0.5, 0.6) is 0 Å². The first kappa shape index (κ1) is 30.1. The lowest BCUT2D eigenvalue weighted by atomic mass is 9.95. The summed E-state index contributed by atoms with van der Waals surface area (Å²) in [7, 11) is 3.22. The molecule has 3 heterocycles. The Labute approximate surface area is 254 Å². The van der Waals surface area contributed by atoms with Gasteiger partial charge in [0.25, 0.3) is 0 Å². The van der Waals surface area contributed by atoms with E-state index >= 15 is 0 Å². The third-order valence-electron chi connectivity index (χ3n) is 7.44. The molecule has 1 aromatic carbocycles. The van der Waals surface area contributed by atoms with Gasteiger partial charge in [0.15, 0.2) is 17.2 Å². The van der Waals surface area contributed by atoms with Crippen molar-refractivity contribution in [3.8, 4) is 12.1 Å². The second-order valence-electron chi connectivity index (χ2n) is 11.6. The molecule has 2 aliphatic rings. The molecule has 1 saturated heterocycles. The van der Waals surface area contributed by atoms with Gasteiger partial charge < -0.3 is 30.7 Å². The fourth-order valence-electron chi connectivity index (χ4n) is 5.35. The number of aromatic nitrogens is 4. The summed E-state index contributed by atoms with van der Waals surface area (Å²) in [6.07, 6.45) is 3.52. The number of carbonyl (C=O) groups is 1. The number of hydrogen-bond acceptors (Lipinski definition) is 12. The Bertz CT molecular complexity index is 1600. The van der Waals surface area contributed by atoms with Gasteiger partial charge in [0.2, 0.25) is 5.95 Å². The highest BCUT2D eigenvalue weighted by atomic mass is 35.5. The number of imidazole rings is 1. The van der Waals surface area contributed by atoms with Crippen LogP contribution in [0.1, 0.15) is 44.4 Å². The molecule has 0 unspecified atom stereocenters. The van der Waals surface area contributed by atoms with Gasteiger partial charge in [-0.25, -0.2) is 9.78 Å². The number of piperidine rings is 1. The maximum Gasteiger partial charge on any atom is 0.407 e. The predicted octanol–water partition coefficient (Wildman–Crippen LogP) is 2.84. The van der Waals surface area contributed by atoms with Gasteiger partial charge in [0, 0.05) is 31.7 Å². The van der Waals surface area contributed by atoms with E-state index in [1.807, 2.05) is 11.9 Å². The second-order valence-corrected chi connectivity index (χ2v) is 11.9. The van der Waals surface area contributed by atoms with Crippen LogP contribution >= 0.6 is 11.6 Å². The molecular weight excluding hydrogens is 574 g/mol. The lowest BCUT2D eigenvalue weighted by Gasteiger charge is -2.45. The fraction of sp³-hybridized carbons (Fsp3) is 0.500. The number of ether oxygens (including phenoxy) is 1. The second kappa shape index (κ2) is 12.1. The molecule has 2 fully saturated rings. The number of likely N-dealkylation sites (N-methyl/N-ethyl adjacent to an activating group) is 1. The molecule has 15 heteroatoms. The normalized spacial score (nSPS) is 18.7. The summed E-state index contributed by atoms with van der Waals surface area (Å²) < 4.78 is 6.27. The molecule has 226 valence electrons. The minimum atomic E-state index is -0.961. The van der Waals surface area contributed by atoms with Gasteiger partial charge in [0.1, 0.15) is 6.07 Å². The average molecular weight is 608 g/mol. The third-order valence-corrected chi connectivity index (χ3v) is 7.83. The molecular formula is C28H34ClN11O3. The molecule has 2 aromatic heterocycles. The number of nitrogens with one attached hydrogen (secondary N) is 3. The first-order valence-corrected chi connectivity index (χ1v) is 14.3. The maximum atomic E-state index is 12.1. The minimum Gasteiger partial charge on any atom is -0.453 e. The van der Waals surface area contributed by atoms with Crippen molar-refractivity contribution in [2.45, 2.75) is 56.8 Å². The van der Waals surface area contributed by atoms with Crippen LogP contribution in [0.2, 0.25) is 5.02 Å². The smallest absolute Gasteiger partial charge is 0.407 e. The van der Waals surface area contributed by atoms with E-state index in [-0.39, 0.29) is 29.8 Å². The molecule has 1 aliphatic carbocycles. The zero-order valence-corrected chi connectivity index (χ0v) is 25.2. The van der Waals surface area contributed by atoms with Crippen LogP contribution in [-0.2, 0) is 4.74 Å². The van der Waals surface area contributed by atoms with Crippen molar-refractivity contribution in [1.29, 1.82) is 10.5 Å². The summed E-state index contributed by atoms with van der Waals surface area (Å²) in [4.78, 5) is 25.1. The molecule has 0 bridgehead atoms. The van der Waals surface area contributed by atoms with Crippen LogP contribution in [-0.4, -0.2) is 93.2 Å². The van der Waals surface area contributed by atoms with Crippen molar-refractivity contribution in [1.82, 2.24) is 29.8 Å². The molecule has 1 amide bonds. The van der Waals surface area contributed by atoms with Gasteiger partial charge in [-0.3, -0.25) is 4.90 Å². The maximum absolute atomic E-state index is 12.1. The van der Waals surface area contributed by atoms with Crippen LogP contribution in [0.4, 0.5) is 27.9 Å². The molecule has 43 heavy (non-hydrogen) atoms. The zero-order valence-electron chi connectivity index (χ0n) is 24.4. The fourth-order valence-corrected chi connectivity index (χ4v) is 5.62. The van der Waals surface area contributed by atoms with E-state index in [9.17, 15) is 20.4 Å². The Morgan fingerprint density at radius 1 is 1.28 bits per heavy atom. The van der Waals surface area contributed by atoms with Crippen molar-refractivity contribution >= 4 is 46.5 Å². The summed E-state index contributed by atoms with van der Waals surface area (Å²) in [5, 5.41) is 44.2. The highest BCUT2D eigenvalue weighted by Gasteiger charge is 2.36. The summed E-state index contributed by atoms with van der Waals surface area (Å²) in [5.41, 5.74) is 1.15. The van der Waals surface area contributed by atoms with Crippen molar-refractivity contribution in [2.24, 2.45) is 0 Å². The highest BCUT2D eigenvalue weighted by Crippen LogP contribution is 2.38. The number of aliphatic hydroxyl groups is 1. The quantitative estimate of drug-likeness (QED) is 0.280. The van der Waals surface area contributed by atoms with E-state index in [0.717, 1.165) is 12.8 Å².